The highest BCUT2D eigenvalue weighted by Gasteiger charge is 2.15. The van der Waals surface area contributed by atoms with Gasteiger partial charge in [-0.05, 0) is 24.3 Å². The summed E-state index contributed by atoms with van der Waals surface area (Å²) in [6.45, 7) is 6.48. The van der Waals surface area contributed by atoms with Crippen molar-refractivity contribution in [2.24, 2.45) is 0 Å². The van der Waals surface area contributed by atoms with Gasteiger partial charge >= 0.3 is 0 Å². The standard InChI is InChI=1S/C15H21FN2O2S/c1-15(2,3)21-7-6-11(9-19)17-14-18-12-8-10(16)4-5-13(12)20-14/h4-5,8,11,19H,6-7,9H2,1-3H3,(H,17,18). The van der Waals surface area contributed by atoms with Crippen LogP contribution in [-0.4, -0.2) is 33.2 Å². The third kappa shape index (κ3) is 4.89. The van der Waals surface area contributed by atoms with Crippen LogP contribution in [0.25, 0.3) is 11.1 Å². The van der Waals surface area contributed by atoms with Crippen LogP contribution in [0.3, 0.4) is 0 Å². The Labute approximate surface area is 128 Å². The van der Waals surface area contributed by atoms with Gasteiger partial charge in [-0.3, -0.25) is 0 Å². The number of oxazole rings is 1. The first kappa shape index (κ1) is 16.1. The Balaban J connectivity index is 1.96. The first-order chi connectivity index (χ1) is 9.87. The summed E-state index contributed by atoms with van der Waals surface area (Å²) in [4.78, 5) is 4.18. The molecule has 2 aromatic rings. The number of fused-ring (bicyclic) bond motifs is 1. The maximum Gasteiger partial charge on any atom is 0.295 e. The molecule has 4 nitrogen and oxygen atoms in total. The molecule has 1 aromatic heterocycles. The average Bonchev–Trinajstić information content (AvgIpc) is 2.77. The number of nitrogens with one attached hydrogen (secondary N) is 1. The maximum absolute atomic E-state index is 13.1. The van der Waals surface area contributed by atoms with Crippen molar-refractivity contribution in [2.75, 3.05) is 17.7 Å². The quantitative estimate of drug-likeness (QED) is 0.852. The van der Waals surface area contributed by atoms with E-state index in [9.17, 15) is 9.50 Å². The number of rotatable bonds is 6. The summed E-state index contributed by atoms with van der Waals surface area (Å²) in [5.74, 6) is 0.582. The van der Waals surface area contributed by atoms with Gasteiger partial charge in [-0.1, -0.05) is 20.8 Å². The Hall–Kier alpha value is -1.27. The fourth-order valence-corrected chi connectivity index (χ4v) is 2.87. The number of hydrogen-bond acceptors (Lipinski definition) is 5. The molecule has 1 heterocycles. The molecule has 0 fully saturated rings. The molecule has 116 valence electrons. The van der Waals surface area contributed by atoms with Crippen LogP contribution in [0.4, 0.5) is 10.4 Å². The molecule has 0 aliphatic heterocycles. The molecule has 1 unspecified atom stereocenters. The molecule has 6 heteroatoms. The number of benzene rings is 1. The third-order valence-corrected chi connectivity index (χ3v) is 4.20. The van der Waals surface area contributed by atoms with Gasteiger partial charge in [-0.25, -0.2) is 4.39 Å². The van der Waals surface area contributed by atoms with Crippen LogP contribution in [-0.2, 0) is 0 Å². The number of anilines is 1. The number of aromatic nitrogens is 1. The van der Waals surface area contributed by atoms with Crippen LogP contribution in [0.15, 0.2) is 22.6 Å². The molecular weight excluding hydrogens is 291 g/mol. The first-order valence-electron chi connectivity index (χ1n) is 6.95. The van der Waals surface area contributed by atoms with Gasteiger partial charge in [0.05, 0.1) is 12.6 Å². The van der Waals surface area contributed by atoms with Gasteiger partial charge in [0.1, 0.15) is 11.3 Å². The molecule has 1 atom stereocenters. The normalized spacial score (nSPS) is 13.6. The number of hydrogen-bond donors (Lipinski definition) is 2. The second-order valence-electron chi connectivity index (χ2n) is 5.90. The van der Waals surface area contributed by atoms with Crippen molar-refractivity contribution in [3.05, 3.63) is 24.0 Å². The van der Waals surface area contributed by atoms with E-state index >= 15 is 0 Å². The number of thioether (sulfide) groups is 1. The van der Waals surface area contributed by atoms with Gasteiger partial charge < -0.3 is 14.8 Å². The lowest BCUT2D eigenvalue weighted by Crippen LogP contribution is -2.25. The second kappa shape index (κ2) is 6.66. The number of halogens is 1. The van der Waals surface area contributed by atoms with E-state index in [0.29, 0.717) is 17.1 Å². The molecule has 0 aliphatic rings. The van der Waals surface area contributed by atoms with E-state index in [1.54, 1.807) is 6.07 Å². The van der Waals surface area contributed by atoms with Crippen LogP contribution in [0.5, 0.6) is 0 Å². The van der Waals surface area contributed by atoms with Gasteiger partial charge in [0, 0.05) is 10.8 Å². The van der Waals surface area contributed by atoms with Gasteiger partial charge in [-0.15, -0.1) is 0 Å². The molecule has 2 rings (SSSR count). The van der Waals surface area contributed by atoms with Crippen molar-refractivity contribution >= 4 is 28.9 Å². The summed E-state index contributed by atoms with van der Waals surface area (Å²) in [5.41, 5.74) is 0.998. The van der Waals surface area contributed by atoms with Crippen LogP contribution < -0.4 is 5.32 Å². The van der Waals surface area contributed by atoms with Crippen molar-refractivity contribution in [1.29, 1.82) is 0 Å². The highest BCUT2D eigenvalue weighted by molar-refractivity contribution is 8.00. The molecule has 0 saturated carbocycles. The van der Waals surface area contributed by atoms with Gasteiger partial charge in [0.25, 0.3) is 6.01 Å². The second-order valence-corrected chi connectivity index (χ2v) is 7.83. The van der Waals surface area contributed by atoms with E-state index in [4.69, 9.17) is 4.42 Å². The smallest absolute Gasteiger partial charge is 0.295 e. The molecule has 0 radical (unpaired) electrons. The summed E-state index contributed by atoms with van der Waals surface area (Å²) >= 11 is 1.84. The topological polar surface area (TPSA) is 58.3 Å². The summed E-state index contributed by atoms with van der Waals surface area (Å²) in [7, 11) is 0. The molecule has 0 aliphatic carbocycles. The van der Waals surface area contributed by atoms with E-state index < -0.39 is 0 Å². The highest BCUT2D eigenvalue weighted by Crippen LogP contribution is 2.25. The van der Waals surface area contributed by atoms with Crippen LogP contribution in [0.2, 0.25) is 0 Å². The zero-order valence-electron chi connectivity index (χ0n) is 12.5. The van der Waals surface area contributed by atoms with E-state index in [0.717, 1.165) is 12.2 Å². The Morgan fingerprint density at radius 3 is 2.86 bits per heavy atom. The number of nitrogens with zero attached hydrogens (tertiary/aromatic N) is 1. The minimum atomic E-state index is -0.345. The van der Waals surface area contributed by atoms with E-state index in [2.05, 4.69) is 31.1 Å². The molecule has 0 bridgehead atoms. The van der Waals surface area contributed by atoms with Gasteiger partial charge in [0.2, 0.25) is 0 Å². The van der Waals surface area contributed by atoms with Crippen LogP contribution in [0.1, 0.15) is 27.2 Å². The van der Waals surface area contributed by atoms with E-state index in [1.165, 1.54) is 12.1 Å². The lowest BCUT2D eigenvalue weighted by Gasteiger charge is -2.20. The Morgan fingerprint density at radius 2 is 2.19 bits per heavy atom. The minimum absolute atomic E-state index is 0.00219. The highest BCUT2D eigenvalue weighted by atomic mass is 32.2. The molecule has 21 heavy (non-hydrogen) atoms. The molecule has 0 spiro atoms. The van der Waals surface area contributed by atoms with Crippen LogP contribution in [0, 0.1) is 5.82 Å². The molecular formula is C15H21FN2O2S. The van der Waals surface area contributed by atoms with Crippen molar-refractivity contribution in [2.45, 2.75) is 38.0 Å². The zero-order valence-corrected chi connectivity index (χ0v) is 13.3. The van der Waals surface area contributed by atoms with Crippen molar-refractivity contribution < 1.29 is 13.9 Å². The average molecular weight is 312 g/mol. The molecule has 0 amide bonds. The Kier molecular flexibility index (Phi) is 5.11. The summed E-state index contributed by atoms with van der Waals surface area (Å²) in [5, 5.41) is 12.5. The predicted octanol–water partition coefficient (Wildman–Crippen LogP) is 3.66. The first-order valence-corrected chi connectivity index (χ1v) is 7.93. The number of aliphatic hydroxyl groups excluding tert-OH is 1. The van der Waals surface area contributed by atoms with Crippen LogP contribution >= 0.6 is 11.8 Å². The van der Waals surface area contributed by atoms with E-state index in [-0.39, 0.29) is 23.2 Å². The van der Waals surface area contributed by atoms with Crippen molar-refractivity contribution in [3.63, 3.8) is 0 Å². The predicted molar refractivity (Wildman–Crippen MR) is 85.3 cm³/mol. The monoisotopic (exact) mass is 312 g/mol. The fourth-order valence-electron chi connectivity index (χ4n) is 1.85. The van der Waals surface area contributed by atoms with Crippen molar-refractivity contribution in [1.82, 2.24) is 4.98 Å². The molecule has 1 aromatic carbocycles. The zero-order chi connectivity index (χ0) is 15.5. The van der Waals surface area contributed by atoms with Gasteiger partial charge in [0.15, 0.2) is 5.58 Å². The lowest BCUT2D eigenvalue weighted by molar-refractivity contribution is 0.270. The Bertz CT molecular complexity index is 595. The minimum Gasteiger partial charge on any atom is -0.424 e. The number of aliphatic hydroxyl groups is 1. The lowest BCUT2D eigenvalue weighted by atomic mass is 10.2. The van der Waals surface area contributed by atoms with Gasteiger partial charge in [-0.2, -0.15) is 16.7 Å². The molecule has 2 N–H and O–H groups in total. The fraction of sp³-hybridized carbons (Fsp3) is 0.533. The molecule has 0 saturated heterocycles. The summed E-state index contributed by atoms with van der Waals surface area (Å²) < 4.78 is 18.8. The summed E-state index contributed by atoms with van der Waals surface area (Å²) in [6.07, 6.45) is 0.797. The Morgan fingerprint density at radius 1 is 1.43 bits per heavy atom. The SMILES string of the molecule is CC(C)(C)SCCC(CO)Nc1nc2cc(F)ccc2o1. The maximum atomic E-state index is 13.1. The summed E-state index contributed by atoms with van der Waals surface area (Å²) in [6, 6.07) is 4.40. The van der Waals surface area contributed by atoms with E-state index in [1.807, 2.05) is 11.8 Å². The third-order valence-electron chi connectivity index (χ3n) is 2.90. The van der Waals surface area contributed by atoms with Crippen molar-refractivity contribution in [3.8, 4) is 0 Å². The largest absolute Gasteiger partial charge is 0.424 e.